The largest absolute Gasteiger partial charge is 0.444 e. The molecule has 0 radical (unpaired) electrons. The highest BCUT2D eigenvalue weighted by Gasteiger charge is 2.33. The zero-order valence-electron chi connectivity index (χ0n) is 21.7. The van der Waals surface area contributed by atoms with Gasteiger partial charge in [-0.05, 0) is 57.7 Å². The Balaban J connectivity index is 2.38. The average Bonchev–Trinajstić information content (AvgIpc) is 2.74. The topological polar surface area (TPSA) is 143 Å². The van der Waals surface area contributed by atoms with E-state index in [9.17, 15) is 31.0 Å². The van der Waals surface area contributed by atoms with E-state index in [0.717, 1.165) is 38.2 Å². The van der Waals surface area contributed by atoms with E-state index >= 15 is 0 Å². The van der Waals surface area contributed by atoms with Crippen LogP contribution in [0.2, 0.25) is 0 Å². The molecule has 37 heavy (non-hydrogen) atoms. The molecule has 0 bridgehead atoms. The van der Waals surface area contributed by atoms with Gasteiger partial charge in [0.05, 0.1) is 12.2 Å². The van der Waals surface area contributed by atoms with Gasteiger partial charge in [-0.2, -0.15) is 4.36 Å². The van der Waals surface area contributed by atoms with E-state index in [1.807, 2.05) is 0 Å². The summed E-state index contributed by atoms with van der Waals surface area (Å²) in [6, 6.07) is 2.65. The van der Waals surface area contributed by atoms with Crippen LogP contribution in [0.1, 0.15) is 52.9 Å². The molecule has 0 aromatic heterocycles. The molecular formula is C23H36F2N4O6S2. The quantitative estimate of drug-likeness (QED) is 0.412. The zero-order valence-corrected chi connectivity index (χ0v) is 23.3. The molecule has 3 N–H and O–H groups in total. The third kappa shape index (κ3) is 10.5. The summed E-state index contributed by atoms with van der Waals surface area (Å²) in [5, 5.41) is 5.33. The van der Waals surface area contributed by atoms with Crippen LogP contribution in [0.4, 0.5) is 25.0 Å². The van der Waals surface area contributed by atoms with Crippen molar-refractivity contribution in [2.75, 3.05) is 24.4 Å². The van der Waals surface area contributed by atoms with Crippen LogP contribution in [0.25, 0.3) is 0 Å². The lowest BCUT2D eigenvalue weighted by Gasteiger charge is -2.31. The van der Waals surface area contributed by atoms with E-state index in [1.54, 1.807) is 25.5 Å². The summed E-state index contributed by atoms with van der Waals surface area (Å²) in [4.78, 5) is 25.3. The summed E-state index contributed by atoms with van der Waals surface area (Å²) in [7, 11) is -7.26. The summed E-state index contributed by atoms with van der Waals surface area (Å²) < 4.78 is 73.7. The van der Waals surface area contributed by atoms with Crippen LogP contribution in [0.5, 0.6) is 0 Å². The molecule has 0 spiro atoms. The second kappa shape index (κ2) is 12.5. The van der Waals surface area contributed by atoms with Crippen molar-refractivity contribution in [1.82, 2.24) is 10.0 Å². The number of alkyl carbamates (subject to hydrolysis) is 1. The Morgan fingerprint density at radius 2 is 1.73 bits per heavy atom. The maximum Gasteiger partial charge on any atom is 0.408 e. The number of alkyl halides is 2. The lowest BCUT2D eigenvalue weighted by atomic mass is 9.83. The van der Waals surface area contributed by atoms with Gasteiger partial charge < -0.3 is 15.4 Å². The molecule has 1 atom stereocenters. The molecule has 0 heterocycles. The summed E-state index contributed by atoms with van der Waals surface area (Å²) in [6.07, 6.45) is 3.23. The standard InChI is InChI=1S/C23H36F2N4O6S2/c1-23(2,3)35-22(31)28-20(15-9-7-6-8-10-15)21(30)27-16-11-12-18(17(13-16)29-36(4,5)32)37(33,34)26-14-19(24)25/h11-13,15,19-20,26H,6-10,14H2,1-5H3,(H,27,30)(H,28,31)/t20-/m0/s1. The first-order chi connectivity index (χ1) is 17.0. The molecule has 1 aromatic rings. The lowest BCUT2D eigenvalue weighted by molar-refractivity contribution is -0.119. The molecule has 1 aromatic carbocycles. The van der Waals surface area contributed by atoms with Crippen molar-refractivity contribution >= 4 is 43.1 Å². The number of amides is 2. The van der Waals surface area contributed by atoms with Crippen molar-refractivity contribution in [2.24, 2.45) is 10.3 Å². The van der Waals surface area contributed by atoms with E-state index in [4.69, 9.17) is 4.74 Å². The first-order valence-corrected chi connectivity index (χ1v) is 15.7. The van der Waals surface area contributed by atoms with E-state index in [1.165, 1.54) is 24.6 Å². The van der Waals surface area contributed by atoms with Gasteiger partial charge in [-0.25, -0.2) is 30.9 Å². The number of carbonyl (C=O) groups excluding carboxylic acids is 2. The molecule has 210 valence electrons. The van der Waals surface area contributed by atoms with E-state index < -0.39 is 61.3 Å². The third-order valence-electron chi connectivity index (χ3n) is 5.34. The van der Waals surface area contributed by atoms with E-state index in [0.29, 0.717) is 0 Å². The number of benzene rings is 1. The Kier molecular flexibility index (Phi) is 10.4. The van der Waals surface area contributed by atoms with Gasteiger partial charge in [0.25, 0.3) is 6.43 Å². The number of sulfonamides is 1. The molecule has 14 heteroatoms. The molecule has 1 aliphatic rings. The predicted octanol–water partition coefficient (Wildman–Crippen LogP) is 4.00. The van der Waals surface area contributed by atoms with Crippen molar-refractivity contribution in [3.63, 3.8) is 0 Å². The Morgan fingerprint density at radius 1 is 1.11 bits per heavy atom. The van der Waals surface area contributed by atoms with Gasteiger partial charge >= 0.3 is 6.09 Å². The van der Waals surface area contributed by atoms with Crippen molar-refractivity contribution in [3.8, 4) is 0 Å². The highest BCUT2D eigenvalue weighted by atomic mass is 32.2. The van der Waals surface area contributed by atoms with Gasteiger partial charge in [0.1, 0.15) is 16.5 Å². The Hall–Kier alpha value is -2.32. The minimum Gasteiger partial charge on any atom is -0.444 e. The first kappa shape index (κ1) is 30.9. The smallest absolute Gasteiger partial charge is 0.408 e. The minimum absolute atomic E-state index is 0.131. The number of halogens is 2. The monoisotopic (exact) mass is 566 g/mol. The highest BCUT2D eigenvalue weighted by Crippen LogP contribution is 2.31. The summed E-state index contributed by atoms with van der Waals surface area (Å²) in [5.41, 5.74) is -0.891. The molecule has 0 aliphatic heterocycles. The maximum absolute atomic E-state index is 13.3. The number of nitrogens with zero attached hydrogens (tertiary/aromatic N) is 1. The number of hydrogen-bond acceptors (Lipinski definition) is 7. The molecule has 0 unspecified atom stereocenters. The fraction of sp³-hybridized carbons (Fsp3) is 0.652. The number of hydrogen-bond donors (Lipinski definition) is 3. The van der Waals surface area contributed by atoms with Crippen LogP contribution in [-0.4, -0.2) is 61.8 Å². The Labute approximate surface area is 217 Å². The molecule has 2 amide bonds. The number of rotatable bonds is 9. The van der Waals surface area contributed by atoms with Crippen LogP contribution < -0.4 is 15.4 Å². The molecule has 2 rings (SSSR count). The van der Waals surface area contributed by atoms with Crippen molar-refractivity contribution in [3.05, 3.63) is 18.2 Å². The number of ether oxygens (including phenoxy) is 1. The summed E-state index contributed by atoms with van der Waals surface area (Å²) in [6.45, 7) is 4.02. The number of anilines is 1. The molecule has 0 saturated heterocycles. The van der Waals surface area contributed by atoms with Crippen LogP contribution in [0.3, 0.4) is 0 Å². The van der Waals surface area contributed by atoms with E-state index in [-0.39, 0.29) is 17.3 Å². The number of carbonyl (C=O) groups is 2. The molecular weight excluding hydrogens is 530 g/mol. The molecule has 1 aliphatic carbocycles. The number of nitrogens with one attached hydrogen (secondary N) is 3. The summed E-state index contributed by atoms with van der Waals surface area (Å²) in [5.74, 6) is -0.669. The highest BCUT2D eigenvalue weighted by molar-refractivity contribution is 7.92. The second-order valence-corrected chi connectivity index (χ2v) is 14.5. The molecule has 1 saturated carbocycles. The van der Waals surface area contributed by atoms with Gasteiger partial charge in [-0.1, -0.05) is 19.3 Å². The van der Waals surface area contributed by atoms with Crippen LogP contribution >= 0.6 is 0 Å². The fourth-order valence-corrected chi connectivity index (χ4v) is 5.71. The van der Waals surface area contributed by atoms with Gasteiger partial charge in [0.2, 0.25) is 15.9 Å². The van der Waals surface area contributed by atoms with Crippen molar-refractivity contribution in [1.29, 1.82) is 0 Å². The Morgan fingerprint density at radius 3 is 2.27 bits per heavy atom. The van der Waals surface area contributed by atoms with Gasteiger partial charge in [0.15, 0.2) is 0 Å². The second-order valence-electron chi connectivity index (χ2n) is 10.2. The van der Waals surface area contributed by atoms with Crippen LogP contribution in [0.15, 0.2) is 27.5 Å². The third-order valence-corrected chi connectivity index (χ3v) is 7.45. The van der Waals surface area contributed by atoms with Crippen LogP contribution in [0, 0.1) is 5.92 Å². The first-order valence-electron chi connectivity index (χ1n) is 11.9. The molecule has 1 fully saturated rings. The average molecular weight is 567 g/mol. The zero-order chi connectivity index (χ0) is 28.0. The summed E-state index contributed by atoms with van der Waals surface area (Å²) >= 11 is 0. The fourth-order valence-electron chi connectivity index (χ4n) is 3.90. The minimum atomic E-state index is -4.41. The van der Waals surface area contributed by atoms with E-state index in [2.05, 4.69) is 15.0 Å². The van der Waals surface area contributed by atoms with Crippen molar-refractivity contribution < 1.29 is 35.7 Å². The van der Waals surface area contributed by atoms with Gasteiger partial charge in [-0.3, -0.25) is 4.79 Å². The molecule has 10 nitrogen and oxygen atoms in total. The maximum atomic E-state index is 13.3. The SMILES string of the molecule is CC(C)(C)OC(=O)N[C@H](C(=O)Nc1ccc(S(=O)(=O)NCC(F)F)c(N=S(C)(C)=O)c1)C1CCCCC1. The van der Waals surface area contributed by atoms with Gasteiger partial charge in [-0.15, -0.1) is 0 Å². The predicted molar refractivity (Wildman–Crippen MR) is 138 cm³/mol. The van der Waals surface area contributed by atoms with Crippen molar-refractivity contribution in [2.45, 2.75) is 75.8 Å². The van der Waals surface area contributed by atoms with Crippen LogP contribution in [-0.2, 0) is 29.3 Å². The Bertz CT molecular complexity index is 1190. The normalized spacial score (nSPS) is 16.2. The lowest BCUT2D eigenvalue weighted by Crippen LogP contribution is -2.50. The van der Waals surface area contributed by atoms with Gasteiger partial charge in [0, 0.05) is 27.9 Å².